The average Bonchev–Trinajstić information content (AvgIpc) is 2.39. The Balaban J connectivity index is 2.56. The Hall–Kier alpha value is -2.04. The molecule has 92 valence electrons. The highest BCUT2D eigenvalue weighted by Crippen LogP contribution is 2.14. The standard InChI is InChI=1S/C12H16N2O3/c1-3-10(8-17-9-15)13-14-11-4-6-12(16-2)7-5-11/h4-7,9,14H,3,8H2,1-2H3/b13-10-. The van der Waals surface area contributed by atoms with Crippen molar-refractivity contribution in [2.24, 2.45) is 5.10 Å². The minimum absolute atomic E-state index is 0.211. The van der Waals surface area contributed by atoms with Gasteiger partial charge in [-0.25, -0.2) is 0 Å². The van der Waals surface area contributed by atoms with Gasteiger partial charge in [0.15, 0.2) is 0 Å². The predicted molar refractivity (Wildman–Crippen MR) is 66.4 cm³/mol. The average molecular weight is 236 g/mol. The fraction of sp³-hybridized carbons (Fsp3) is 0.333. The minimum Gasteiger partial charge on any atom is -0.497 e. The Bertz CT molecular complexity index is 374. The normalized spacial score (nSPS) is 10.8. The van der Waals surface area contributed by atoms with Gasteiger partial charge in [0.2, 0.25) is 0 Å². The van der Waals surface area contributed by atoms with Gasteiger partial charge in [0.25, 0.3) is 6.47 Å². The van der Waals surface area contributed by atoms with E-state index in [1.165, 1.54) is 0 Å². The summed E-state index contributed by atoms with van der Waals surface area (Å²) in [6, 6.07) is 7.39. The third kappa shape index (κ3) is 4.55. The molecule has 0 heterocycles. The lowest BCUT2D eigenvalue weighted by Crippen LogP contribution is -2.09. The second-order valence-corrected chi connectivity index (χ2v) is 3.28. The molecule has 0 bridgehead atoms. The van der Waals surface area contributed by atoms with E-state index in [0.29, 0.717) is 6.47 Å². The van der Waals surface area contributed by atoms with Crippen LogP contribution in [0.2, 0.25) is 0 Å². The van der Waals surface area contributed by atoms with Crippen LogP contribution in [0.4, 0.5) is 5.69 Å². The number of carbonyl (C=O) groups excluding carboxylic acids is 1. The molecule has 0 radical (unpaired) electrons. The highest BCUT2D eigenvalue weighted by molar-refractivity contribution is 5.86. The minimum atomic E-state index is 0.211. The fourth-order valence-corrected chi connectivity index (χ4v) is 1.15. The molecule has 0 atom stereocenters. The van der Waals surface area contributed by atoms with E-state index in [-0.39, 0.29) is 6.61 Å². The van der Waals surface area contributed by atoms with Crippen molar-refractivity contribution in [1.29, 1.82) is 0 Å². The molecule has 0 saturated heterocycles. The molecule has 0 aliphatic rings. The molecule has 0 amide bonds. The summed E-state index contributed by atoms with van der Waals surface area (Å²) in [7, 11) is 1.62. The molecule has 0 aliphatic heterocycles. The molecule has 1 aromatic carbocycles. The van der Waals surface area contributed by atoms with E-state index >= 15 is 0 Å². The Labute approximate surface area is 100 Å². The molecular weight excluding hydrogens is 220 g/mol. The SMILES string of the molecule is CC/C(COC=O)=N/Nc1ccc(OC)cc1. The van der Waals surface area contributed by atoms with Crippen LogP contribution in [0.15, 0.2) is 29.4 Å². The zero-order valence-electron chi connectivity index (χ0n) is 9.97. The van der Waals surface area contributed by atoms with Crippen molar-refractivity contribution in [3.05, 3.63) is 24.3 Å². The van der Waals surface area contributed by atoms with E-state index < -0.39 is 0 Å². The van der Waals surface area contributed by atoms with Crippen LogP contribution in [0.3, 0.4) is 0 Å². The summed E-state index contributed by atoms with van der Waals surface area (Å²) in [6.45, 7) is 2.57. The van der Waals surface area contributed by atoms with Crippen LogP contribution in [-0.4, -0.2) is 25.9 Å². The maximum atomic E-state index is 10.1. The lowest BCUT2D eigenvalue weighted by molar-refractivity contribution is -0.127. The van der Waals surface area contributed by atoms with E-state index in [1.54, 1.807) is 7.11 Å². The summed E-state index contributed by atoms with van der Waals surface area (Å²) in [5.74, 6) is 0.791. The van der Waals surface area contributed by atoms with Crippen LogP contribution in [-0.2, 0) is 9.53 Å². The zero-order valence-corrected chi connectivity index (χ0v) is 9.97. The highest BCUT2D eigenvalue weighted by Gasteiger charge is 1.97. The molecule has 5 nitrogen and oxygen atoms in total. The first-order chi connectivity index (χ1) is 8.30. The predicted octanol–water partition coefficient (Wildman–Crippen LogP) is 2.05. The summed E-state index contributed by atoms with van der Waals surface area (Å²) in [5, 5.41) is 4.15. The van der Waals surface area contributed by atoms with Crippen LogP contribution in [0.1, 0.15) is 13.3 Å². The molecule has 0 unspecified atom stereocenters. The maximum absolute atomic E-state index is 10.1. The monoisotopic (exact) mass is 236 g/mol. The summed E-state index contributed by atoms with van der Waals surface area (Å²) < 4.78 is 9.69. The van der Waals surface area contributed by atoms with Crippen molar-refractivity contribution in [3.8, 4) is 5.75 Å². The van der Waals surface area contributed by atoms with E-state index in [2.05, 4.69) is 15.3 Å². The number of ether oxygens (including phenoxy) is 2. The lowest BCUT2D eigenvalue weighted by atomic mass is 10.3. The zero-order chi connectivity index (χ0) is 12.5. The molecule has 1 N–H and O–H groups in total. The van der Waals surface area contributed by atoms with Gasteiger partial charge in [0, 0.05) is 0 Å². The van der Waals surface area contributed by atoms with Crippen molar-refractivity contribution in [2.45, 2.75) is 13.3 Å². The van der Waals surface area contributed by atoms with Crippen LogP contribution in [0, 0.1) is 0 Å². The molecule has 1 aromatic rings. The summed E-state index contributed by atoms with van der Waals surface area (Å²) in [5.41, 5.74) is 4.51. The molecule has 1 rings (SSSR count). The fourth-order valence-electron chi connectivity index (χ4n) is 1.15. The first-order valence-corrected chi connectivity index (χ1v) is 5.31. The van der Waals surface area contributed by atoms with Gasteiger partial charge in [-0.05, 0) is 30.7 Å². The number of hydrogen-bond acceptors (Lipinski definition) is 5. The molecular formula is C12H16N2O3. The van der Waals surface area contributed by atoms with Crippen LogP contribution in [0.25, 0.3) is 0 Å². The van der Waals surface area contributed by atoms with Crippen molar-refractivity contribution < 1.29 is 14.3 Å². The van der Waals surface area contributed by atoms with Gasteiger partial charge in [0.05, 0.1) is 18.5 Å². The molecule has 17 heavy (non-hydrogen) atoms. The topological polar surface area (TPSA) is 59.9 Å². The van der Waals surface area contributed by atoms with E-state index in [0.717, 1.165) is 23.6 Å². The summed E-state index contributed by atoms with van der Waals surface area (Å²) in [6.07, 6.45) is 0.719. The van der Waals surface area contributed by atoms with E-state index in [4.69, 9.17) is 4.74 Å². The van der Waals surface area contributed by atoms with Crippen molar-refractivity contribution >= 4 is 17.9 Å². The number of nitrogens with zero attached hydrogens (tertiary/aromatic N) is 1. The van der Waals surface area contributed by atoms with Crippen molar-refractivity contribution in [1.82, 2.24) is 0 Å². The third-order valence-electron chi connectivity index (χ3n) is 2.16. The summed E-state index contributed by atoms with van der Waals surface area (Å²) >= 11 is 0. The number of anilines is 1. The van der Waals surface area contributed by atoms with Crippen LogP contribution >= 0.6 is 0 Å². The van der Waals surface area contributed by atoms with Crippen molar-refractivity contribution in [3.63, 3.8) is 0 Å². The highest BCUT2D eigenvalue weighted by atomic mass is 16.5. The van der Waals surface area contributed by atoms with Crippen molar-refractivity contribution in [2.75, 3.05) is 19.1 Å². The molecule has 0 spiro atoms. The lowest BCUT2D eigenvalue weighted by Gasteiger charge is -2.05. The molecule has 0 fully saturated rings. The number of carbonyl (C=O) groups is 1. The van der Waals surface area contributed by atoms with Gasteiger partial charge in [-0.1, -0.05) is 6.92 Å². The van der Waals surface area contributed by atoms with E-state index in [1.807, 2.05) is 31.2 Å². The second kappa shape index (κ2) is 7.27. The first-order valence-electron chi connectivity index (χ1n) is 5.31. The van der Waals surface area contributed by atoms with Gasteiger partial charge in [-0.3, -0.25) is 10.2 Å². The quantitative estimate of drug-likeness (QED) is 0.447. The first kappa shape index (κ1) is 13.0. The third-order valence-corrected chi connectivity index (χ3v) is 2.16. The molecule has 0 saturated carbocycles. The van der Waals surface area contributed by atoms with Crippen LogP contribution < -0.4 is 10.2 Å². The van der Waals surface area contributed by atoms with Gasteiger partial charge in [-0.15, -0.1) is 0 Å². The number of methoxy groups -OCH3 is 1. The molecule has 0 aromatic heterocycles. The Morgan fingerprint density at radius 2 is 2.12 bits per heavy atom. The number of hydrazone groups is 1. The maximum Gasteiger partial charge on any atom is 0.293 e. The Morgan fingerprint density at radius 1 is 1.41 bits per heavy atom. The molecule has 5 heteroatoms. The second-order valence-electron chi connectivity index (χ2n) is 3.28. The van der Waals surface area contributed by atoms with Crippen LogP contribution in [0.5, 0.6) is 5.75 Å². The van der Waals surface area contributed by atoms with Gasteiger partial charge < -0.3 is 9.47 Å². The van der Waals surface area contributed by atoms with E-state index in [9.17, 15) is 4.79 Å². The largest absolute Gasteiger partial charge is 0.497 e. The Morgan fingerprint density at radius 3 is 2.65 bits per heavy atom. The molecule has 0 aliphatic carbocycles. The number of rotatable bonds is 7. The number of nitrogens with one attached hydrogen (secondary N) is 1. The Kier molecular flexibility index (Phi) is 5.57. The van der Waals surface area contributed by atoms with Gasteiger partial charge in [0.1, 0.15) is 12.4 Å². The summed E-state index contributed by atoms with van der Waals surface area (Å²) in [4.78, 5) is 10.1. The van der Waals surface area contributed by atoms with Gasteiger partial charge >= 0.3 is 0 Å². The van der Waals surface area contributed by atoms with Gasteiger partial charge in [-0.2, -0.15) is 5.10 Å². The number of hydrogen-bond donors (Lipinski definition) is 1. The number of benzene rings is 1. The smallest absolute Gasteiger partial charge is 0.293 e.